The molecule has 1 heterocycles. The molecular formula is C19H17Cl2NO3. The van der Waals surface area contributed by atoms with E-state index in [-0.39, 0.29) is 5.78 Å². The van der Waals surface area contributed by atoms with Crippen molar-refractivity contribution < 1.29 is 14.4 Å². The first-order chi connectivity index (χ1) is 11.7. The highest BCUT2D eigenvalue weighted by Crippen LogP contribution is 2.37. The largest absolute Gasteiger partial charge is 0.295 e. The van der Waals surface area contributed by atoms with Crippen LogP contribution in [0.15, 0.2) is 42.5 Å². The monoisotopic (exact) mass is 377 g/mol. The Balaban J connectivity index is 2.08. The summed E-state index contributed by atoms with van der Waals surface area (Å²) in [6, 6.07) is 12.6. The number of carbonyl (C=O) groups is 2. The Morgan fingerprint density at radius 2 is 1.76 bits per heavy atom. The molecule has 1 atom stereocenters. The van der Waals surface area contributed by atoms with Gasteiger partial charge in [0.15, 0.2) is 5.78 Å². The molecule has 0 saturated carbocycles. The Morgan fingerprint density at radius 3 is 2.48 bits per heavy atom. The van der Waals surface area contributed by atoms with Crippen LogP contribution in [0.3, 0.4) is 0 Å². The van der Waals surface area contributed by atoms with Gasteiger partial charge in [0.2, 0.25) is 0 Å². The lowest BCUT2D eigenvalue weighted by atomic mass is 9.83. The first kappa shape index (κ1) is 17.9. The van der Waals surface area contributed by atoms with Crippen LogP contribution < -0.4 is 0 Å². The van der Waals surface area contributed by atoms with Crippen LogP contribution in [0.1, 0.15) is 25.3 Å². The van der Waals surface area contributed by atoms with E-state index in [0.29, 0.717) is 15.6 Å². The quantitative estimate of drug-likeness (QED) is 0.724. The lowest BCUT2D eigenvalue weighted by Crippen LogP contribution is -2.54. The first-order valence-electron chi connectivity index (χ1n) is 7.78. The summed E-state index contributed by atoms with van der Waals surface area (Å²) in [6.45, 7) is 3.31. The Kier molecular flexibility index (Phi) is 4.62. The number of carbonyl (C=O) groups excluding carboxylic acids is 2. The molecule has 0 N–H and O–H groups in total. The summed E-state index contributed by atoms with van der Waals surface area (Å²) in [5.41, 5.74) is 1.07. The van der Waals surface area contributed by atoms with Crippen LogP contribution in [-0.2, 0) is 14.4 Å². The number of hydrogen-bond donors (Lipinski definition) is 0. The van der Waals surface area contributed by atoms with Crippen LogP contribution >= 0.6 is 23.2 Å². The van der Waals surface area contributed by atoms with Crippen molar-refractivity contribution in [3.63, 3.8) is 0 Å². The van der Waals surface area contributed by atoms with Gasteiger partial charge in [-0.1, -0.05) is 53.5 Å². The third-order valence-corrected chi connectivity index (χ3v) is 5.08. The normalized spacial score (nSPS) is 20.0. The lowest BCUT2D eigenvalue weighted by Gasteiger charge is -2.38. The molecule has 1 fully saturated rings. The molecule has 1 unspecified atom stereocenters. The molecule has 4 nitrogen and oxygen atoms in total. The van der Waals surface area contributed by atoms with Crippen molar-refractivity contribution in [3.8, 4) is 11.1 Å². The van der Waals surface area contributed by atoms with Crippen molar-refractivity contribution >= 4 is 34.9 Å². The standard InChI is InChI=1S/C19H17Cl2NO3/c1-19(2)17(23)15(18(24)22(3)25-19)12-7-4-6-11(10-12)13-8-5-9-14(20)16(13)21/h4-10,15H,1-3H3. The number of nitrogens with zero attached hydrogens (tertiary/aromatic N) is 1. The Hall–Kier alpha value is -1.88. The average molecular weight is 378 g/mol. The predicted octanol–water partition coefficient (Wildman–Crippen LogP) is 4.50. The highest BCUT2D eigenvalue weighted by Gasteiger charge is 2.47. The zero-order valence-electron chi connectivity index (χ0n) is 14.0. The van der Waals surface area contributed by atoms with Gasteiger partial charge in [0.1, 0.15) is 11.5 Å². The van der Waals surface area contributed by atoms with Crippen LogP contribution in [0, 0.1) is 0 Å². The van der Waals surface area contributed by atoms with E-state index in [1.54, 1.807) is 44.2 Å². The van der Waals surface area contributed by atoms with Gasteiger partial charge in [-0.15, -0.1) is 0 Å². The fourth-order valence-electron chi connectivity index (χ4n) is 2.98. The van der Waals surface area contributed by atoms with E-state index in [1.165, 1.54) is 7.05 Å². The molecule has 1 saturated heterocycles. The minimum atomic E-state index is -1.07. The molecule has 0 aromatic heterocycles. The van der Waals surface area contributed by atoms with Crippen LogP contribution in [0.5, 0.6) is 0 Å². The van der Waals surface area contributed by atoms with Crippen molar-refractivity contribution in [2.24, 2.45) is 0 Å². The summed E-state index contributed by atoms with van der Waals surface area (Å²) < 4.78 is 0. The highest BCUT2D eigenvalue weighted by molar-refractivity contribution is 6.43. The van der Waals surface area contributed by atoms with E-state index in [2.05, 4.69) is 0 Å². The molecule has 130 valence electrons. The summed E-state index contributed by atoms with van der Waals surface area (Å²) in [7, 11) is 1.52. The maximum absolute atomic E-state index is 12.8. The molecule has 0 radical (unpaired) electrons. The number of likely N-dealkylation sites (N-methyl/N-ethyl adjacent to an activating group) is 1. The third-order valence-electron chi connectivity index (χ3n) is 4.26. The lowest BCUT2D eigenvalue weighted by molar-refractivity contribution is -0.233. The summed E-state index contributed by atoms with van der Waals surface area (Å²) in [4.78, 5) is 30.7. The van der Waals surface area contributed by atoms with Crippen LogP contribution in [0.4, 0.5) is 0 Å². The molecule has 3 rings (SSSR count). The van der Waals surface area contributed by atoms with Gasteiger partial charge in [-0.05, 0) is 37.1 Å². The topological polar surface area (TPSA) is 46.6 Å². The maximum Gasteiger partial charge on any atom is 0.261 e. The fraction of sp³-hybridized carbons (Fsp3) is 0.263. The number of benzene rings is 2. The van der Waals surface area contributed by atoms with Crippen molar-refractivity contribution in [2.75, 3.05) is 7.05 Å². The average Bonchev–Trinajstić information content (AvgIpc) is 2.56. The second-order valence-corrected chi connectivity index (χ2v) is 7.25. The number of hydrogen-bond acceptors (Lipinski definition) is 3. The third kappa shape index (κ3) is 3.17. The number of Topliss-reactive ketones (excluding diaryl/α,β-unsaturated/α-hetero) is 1. The van der Waals surface area contributed by atoms with E-state index < -0.39 is 17.4 Å². The number of ketones is 1. The molecule has 25 heavy (non-hydrogen) atoms. The van der Waals surface area contributed by atoms with Gasteiger partial charge >= 0.3 is 0 Å². The molecule has 0 aliphatic carbocycles. The Bertz CT molecular complexity index is 863. The van der Waals surface area contributed by atoms with Gasteiger partial charge in [0, 0.05) is 12.6 Å². The number of amides is 1. The van der Waals surface area contributed by atoms with Crippen LogP contribution in [-0.4, -0.2) is 29.4 Å². The van der Waals surface area contributed by atoms with Crippen LogP contribution in [0.2, 0.25) is 10.0 Å². The van der Waals surface area contributed by atoms with E-state index in [9.17, 15) is 9.59 Å². The maximum atomic E-state index is 12.8. The van der Waals surface area contributed by atoms with Gasteiger partial charge in [-0.25, -0.2) is 5.06 Å². The predicted molar refractivity (Wildman–Crippen MR) is 97.6 cm³/mol. The summed E-state index contributed by atoms with van der Waals surface area (Å²) in [5.74, 6) is -1.57. The first-order valence-corrected chi connectivity index (χ1v) is 8.53. The van der Waals surface area contributed by atoms with Gasteiger partial charge in [-0.3, -0.25) is 14.4 Å². The number of halogens is 2. The van der Waals surface area contributed by atoms with E-state index in [4.69, 9.17) is 28.0 Å². The zero-order chi connectivity index (χ0) is 18.4. The minimum Gasteiger partial charge on any atom is -0.295 e. The van der Waals surface area contributed by atoms with Gasteiger partial charge in [0.05, 0.1) is 10.0 Å². The number of rotatable bonds is 2. The molecule has 1 aliphatic rings. The Morgan fingerprint density at radius 1 is 1.08 bits per heavy atom. The van der Waals surface area contributed by atoms with E-state index in [0.717, 1.165) is 16.2 Å². The molecule has 2 aromatic rings. The van der Waals surface area contributed by atoms with Crippen molar-refractivity contribution in [1.82, 2.24) is 5.06 Å². The summed E-state index contributed by atoms with van der Waals surface area (Å²) in [6.07, 6.45) is 0. The molecule has 2 aromatic carbocycles. The van der Waals surface area contributed by atoms with Crippen molar-refractivity contribution in [1.29, 1.82) is 0 Å². The van der Waals surface area contributed by atoms with E-state index in [1.807, 2.05) is 12.1 Å². The molecular weight excluding hydrogens is 361 g/mol. The Labute approximate surface area is 156 Å². The van der Waals surface area contributed by atoms with Crippen molar-refractivity contribution in [3.05, 3.63) is 58.1 Å². The summed E-state index contributed by atoms with van der Waals surface area (Å²) in [5, 5.41) is 2.01. The second-order valence-electron chi connectivity index (χ2n) is 6.46. The van der Waals surface area contributed by atoms with Gasteiger partial charge in [-0.2, -0.15) is 0 Å². The SMILES string of the molecule is CN1OC(C)(C)C(=O)C(c2cccc(-c3cccc(Cl)c3Cl)c2)C1=O. The highest BCUT2D eigenvalue weighted by atomic mass is 35.5. The number of hydroxylamine groups is 2. The minimum absolute atomic E-state index is 0.273. The van der Waals surface area contributed by atoms with Crippen LogP contribution in [0.25, 0.3) is 11.1 Å². The summed E-state index contributed by atoms with van der Waals surface area (Å²) >= 11 is 12.4. The smallest absolute Gasteiger partial charge is 0.261 e. The fourth-order valence-corrected chi connectivity index (χ4v) is 3.39. The molecule has 6 heteroatoms. The van der Waals surface area contributed by atoms with E-state index >= 15 is 0 Å². The van der Waals surface area contributed by atoms with Gasteiger partial charge in [0.25, 0.3) is 5.91 Å². The van der Waals surface area contributed by atoms with Crippen molar-refractivity contribution in [2.45, 2.75) is 25.4 Å². The molecule has 1 aliphatic heterocycles. The molecule has 0 bridgehead atoms. The van der Waals surface area contributed by atoms with Gasteiger partial charge < -0.3 is 0 Å². The molecule has 0 spiro atoms. The molecule has 1 amide bonds. The zero-order valence-corrected chi connectivity index (χ0v) is 15.6. The second kappa shape index (κ2) is 6.45.